The van der Waals surface area contributed by atoms with Gasteiger partial charge in [0.05, 0.1) is 11.3 Å². The number of carbonyl (C=O) groups is 1. The van der Waals surface area contributed by atoms with Gasteiger partial charge in [-0.2, -0.15) is 0 Å². The highest BCUT2D eigenvalue weighted by atomic mass is 79.9. The van der Waals surface area contributed by atoms with E-state index in [1.165, 1.54) is 0 Å². The van der Waals surface area contributed by atoms with Crippen molar-refractivity contribution in [2.75, 3.05) is 31.1 Å². The molecular weight excluding hydrogens is 294 g/mol. The van der Waals surface area contributed by atoms with Crippen LogP contribution in [0.5, 0.6) is 0 Å². The number of hydrogen-bond donors (Lipinski definition) is 2. The summed E-state index contributed by atoms with van der Waals surface area (Å²) in [5.74, 6) is 1.04. The topological polar surface area (TPSA) is 58.4 Å². The number of nitrogens with one attached hydrogen (secondary N) is 1. The first-order valence-electron chi connectivity index (χ1n) is 6.20. The summed E-state index contributed by atoms with van der Waals surface area (Å²) in [5, 5.41) is 3.42. The van der Waals surface area contributed by atoms with Crippen molar-refractivity contribution in [2.45, 2.75) is 0 Å². The zero-order valence-corrected chi connectivity index (χ0v) is 11.6. The smallest absolute Gasteiger partial charge is 0.250 e. The molecule has 2 aliphatic rings. The molecule has 2 saturated heterocycles. The molecule has 2 aliphatic heterocycles. The number of benzene rings is 1. The highest BCUT2D eigenvalue weighted by molar-refractivity contribution is 9.10. The molecule has 0 aromatic heterocycles. The van der Waals surface area contributed by atoms with E-state index >= 15 is 0 Å². The van der Waals surface area contributed by atoms with Crippen molar-refractivity contribution >= 4 is 27.5 Å². The number of halogens is 1. The van der Waals surface area contributed by atoms with Crippen molar-refractivity contribution in [3.8, 4) is 0 Å². The molecule has 0 bridgehead atoms. The van der Waals surface area contributed by atoms with Crippen LogP contribution < -0.4 is 16.0 Å². The largest absolute Gasteiger partial charge is 0.370 e. The van der Waals surface area contributed by atoms with E-state index in [0.717, 1.165) is 36.3 Å². The number of fused-ring (bicyclic) bond motifs is 1. The minimum absolute atomic E-state index is 0.354. The van der Waals surface area contributed by atoms with Gasteiger partial charge in [0.25, 0.3) is 5.91 Å². The van der Waals surface area contributed by atoms with Crippen molar-refractivity contribution in [1.29, 1.82) is 0 Å². The Kier molecular flexibility index (Phi) is 3.03. The monoisotopic (exact) mass is 309 g/mol. The normalized spacial score (nSPS) is 26.4. The number of amides is 1. The van der Waals surface area contributed by atoms with E-state index in [1.807, 2.05) is 12.1 Å². The molecule has 1 aromatic rings. The van der Waals surface area contributed by atoms with Gasteiger partial charge in [-0.3, -0.25) is 4.79 Å². The molecule has 1 aromatic carbocycles. The summed E-state index contributed by atoms with van der Waals surface area (Å²) in [6, 6.07) is 5.66. The second kappa shape index (κ2) is 4.55. The summed E-state index contributed by atoms with van der Waals surface area (Å²) < 4.78 is 0.984. The van der Waals surface area contributed by atoms with Crippen LogP contribution in [0.2, 0.25) is 0 Å². The van der Waals surface area contributed by atoms with E-state index in [4.69, 9.17) is 5.73 Å². The van der Waals surface area contributed by atoms with Gasteiger partial charge in [-0.05, 0) is 30.0 Å². The third kappa shape index (κ3) is 2.01. The number of nitrogens with two attached hydrogens (primary N) is 1. The van der Waals surface area contributed by atoms with Crippen LogP contribution in [0.1, 0.15) is 10.4 Å². The third-order valence-electron chi connectivity index (χ3n) is 3.96. The average Bonchev–Trinajstić information content (AvgIpc) is 2.88. The van der Waals surface area contributed by atoms with Crippen LogP contribution in [0.15, 0.2) is 22.7 Å². The Morgan fingerprint density at radius 3 is 2.61 bits per heavy atom. The summed E-state index contributed by atoms with van der Waals surface area (Å²) in [6.07, 6.45) is 0. The zero-order valence-electron chi connectivity index (χ0n) is 10.0. The molecule has 0 aliphatic carbocycles. The highest BCUT2D eigenvalue weighted by Crippen LogP contribution is 2.33. The molecule has 0 spiro atoms. The number of carbonyl (C=O) groups excluding carboxylic acids is 1. The van der Waals surface area contributed by atoms with E-state index < -0.39 is 0 Å². The second-order valence-corrected chi connectivity index (χ2v) is 6.02. The van der Waals surface area contributed by atoms with Gasteiger partial charge in [-0.15, -0.1) is 0 Å². The molecule has 2 heterocycles. The molecule has 96 valence electrons. The van der Waals surface area contributed by atoms with Gasteiger partial charge >= 0.3 is 0 Å². The molecular formula is C13H16BrN3O. The van der Waals surface area contributed by atoms with E-state index in [9.17, 15) is 4.79 Å². The van der Waals surface area contributed by atoms with Gasteiger partial charge in [-0.1, -0.05) is 15.9 Å². The van der Waals surface area contributed by atoms with E-state index in [-0.39, 0.29) is 5.91 Å². The molecule has 2 atom stereocenters. The summed E-state index contributed by atoms with van der Waals surface area (Å²) in [5.41, 5.74) is 7.04. The number of nitrogens with zero attached hydrogens (tertiary/aromatic N) is 1. The van der Waals surface area contributed by atoms with Crippen LogP contribution in [-0.2, 0) is 0 Å². The van der Waals surface area contributed by atoms with Gasteiger partial charge < -0.3 is 16.0 Å². The van der Waals surface area contributed by atoms with Gasteiger partial charge in [0.1, 0.15) is 0 Å². The summed E-state index contributed by atoms with van der Waals surface area (Å²) in [7, 11) is 0. The molecule has 0 radical (unpaired) electrons. The first-order valence-corrected chi connectivity index (χ1v) is 6.99. The number of anilines is 1. The fourth-order valence-electron chi connectivity index (χ4n) is 3.03. The molecule has 1 amide bonds. The Morgan fingerprint density at radius 2 is 2.00 bits per heavy atom. The van der Waals surface area contributed by atoms with Crippen molar-refractivity contribution < 1.29 is 4.79 Å². The van der Waals surface area contributed by atoms with Crippen molar-refractivity contribution in [3.63, 3.8) is 0 Å². The highest BCUT2D eigenvalue weighted by Gasteiger charge is 2.37. The first-order chi connectivity index (χ1) is 8.65. The third-order valence-corrected chi connectivity index (χ3v) is 4.45. The zero-order chi connectivity index (χ0) is 12.7. The molecule has 5 heteroatoms. The predicted octanol–water partition coefficient (Wildman–Crippen LogP) is 1.20. The lowest BCUT2D eigenvalue weighted by Crippen LogP contribution is -2.28. The van der Waals surface area contributed by atoms with Crippen LogP contribution >= 0.6 is 15.9 Å². The van der Waals surface area contributed by atoms with Gasteiger partial charge in [0, 0.05) is 30.7 Å². The lowest BCUT2D eigenvalue weighted by atomic mass is 10.0. The fraction of sp³-hybridized carbons (Fsp3) is 0.462. The van der Waals surface area contributed by atoms with Crippen molar-refractivity contribution in [2.24, 2.45) is 17.6 Å². The fourth-order valence-corrected chi connectivity index (χ4v) is 3.38. The molecule has 3 N–H and O–H groups in total. The van der Waals surface area contributed by atoms with E-state index in [0.29, 0.717) is 17.4 Å². The van der Waals surface area contributed by atoms with Crippen LogP contribution in [0, 0.1) is 11.8 Å². The summed E-state index contributed by atoms with van der Waals surface area (Å²) in [4.78, 5) is 13.8. The summed E-state index contributed by atoms with van der Waals surface area (Å²) >= 11 is 3.46. The number of hydrogen-bond acceptors (Lipinski definition) is 3. The Hall–Kier alpha value is -1.07. The minimum atomic E-state index is -0.354. The van der Waals surface area contributed by atoms with Crippen LogP contribution in [-0.4, -0.2) is 32.1 Å². The lowest BCUT2D eigenvalue weighted by molar-refractivity contribution is 0.100. The molecule has 2 fully saturated rings. The van der Waals surface area contributed by atoms with Gasteiger partial charge in [-0.25, -0.2) is 0 Å². The van der Waals surface area contributed by atoms with Crippen LogP contribution in [0.3, 0.4) is 0 Å². The number of primary amides is 1. The maximum atomic E-state index is 11.5. The van der Waals surface area contributed by atoms with Gasteiger partial charge in [0.15, 0.2) is 0 Å². The predicted molar refractivity (Wildman–Crippen MR) is 74.7 cm³/mol. The first kappa shape index (κ1) is 12.0. The quantitative estimate of drug-likeness (QED) is 0.863. The Labute approximate surface area is 115 Å². The van der Waals surface area contributed by atoms with Crippen molar-refractivity contribution in [3.05, 3.63) is 28.2 Å². The van der Waals surface area contributed by atoms with Crippen LogP contribution in [0.25, 0.3) is 0 Å². The minimum Gasteiger partial charge on any atom is -0.370 e. The van der Waals surface area contributed by atoms with Crippen LogP contribution in [0.4, 0.5) is 5.69 Å². The lowest BCUT2D eigenvalue weighted by Gasteiger charge is -2.22. The Bertz CT molecular complexity index is 479. The standard InChI is InChI=1S/C13H16BrN3O/c14-10-1-2-11(13(15)18)12(3-10)17-6-8-4-16-5-9(8)7-17/h1-3,8-9,16H,4-7H2,(H2,15,18). The SMILES string of the molecule is NC(=O)c1ccc(Br)cc1N1CC2CNCC2C1. The average molecular weight is 310 g/mol. The maximum Gasteiger partial charge on any atom is 0.250 e. The van der Waals surface area contributed by atoms with E-state index in [1.54, 1.807) is 6.07 Å². The molecule has 3 rings (SSSR count). The number of rotatable bonds is 2. The molecule has 18 heavy (non-hydrogen) atoms. The maximum absolute atomic E-state index is 11.5. The second-order valence-electron chi connectivity index (χ2n) is 5.11. The summed E-state index contributed by atoms with van der Waals surface area (Å²) in [6.45, 7) is 4.19. The Morgan fingerprint density at radius 1 is 1.33 bits per heavy atom. The van der Waals surface area contributed by atoms with E-state index in [2.05, 4.69) is 26.1 Å². The molecule has 2 unspecified atom stereocenters. The van der Waals surface area contributed by atoms with Gasteiger partial charge in [0.2, 0.25) is 0 Å². The molecule has 0 saturated carbocycles. The van der Waals surface area contributed by atoms with Crippen molar-refractivity contribution in [1.82, 2.24) is 5.32 Å². The Balaban J connectivity index is 1.92. The molecule has 4 nitrogen and oxygen atoms in total.